The molecule has 0 saturated carbocycles. The van der Waals surface area contributed by atoms with Crippen LogP contribution in [0.1, 0.15) is 18.6 Å². The van der Waals surface area contributed by atoms with Crippen molar-refractivity contribution in [2.24, 2.45) is 0 Å². The number of hydrogen-bond donors (Lipinski definition) is 1. The Bertz CT molecular complexity index is 646. The van der Waals surface area contributed by atoms with Crippen LogP contribution >= 0.6 is 11.6 Å². The number of rotatable bonds is 4. The molecular formula is C13H11ClN2O4. The first-order chi connectivity index (χ1) is 9.49. The lowest BCUT2D eigenvalue weighted by atomic mass is 10.2. The van der Waals surface area contributed by atoms with Gasteiger partial charge < -0.3 is 9.84 Å². The van der Waals surface area contributed by atoms with E-state index in [0.29, 0.717) is 11.3 Å². The molecule has 6 nitrogen and oxygen atoms in total. The van der Waals surface area contributed by atoms with Gasteiger partial charge in [0.05, 0.1) is 11.0 Å². The first-order valence-corrected chi connectivity index (χ1v) is 6.11. The average Bonchev–Trinajstić information content (AvgIpc) is 2.38. The van der Waals surface area contributed by atoms with Crippen LogP contribution in [0.15, 0.2) is 36.5 Å². The molecule has 2 rings (SSSR count). The van der Waals surface area contributed by atoms with E-state index in [2.05, 4.69) is 4.98 Å². The number of halogens is 1. The summed E-state index contributed by atoms with van der Waals surface area (Å²) in [5, 5.41) is 20.3. The van der Waals surface area contributed by atoms with Gasteiger partial charge in [-0.3, -0.25) is 10.1 Å². The highest BCUT2D eigenvalue weighted by Gasteiger charge is 2.15. The molecule has 0 saturated heterocycles. The van der Waals surface area contributed by atoms with Crippen LogP contribution in [0, 0.1) is 10.1 Å². The van der Waals surface area contributed by atoms with Gasteiger partial charge in [-0.15, -0.1) is 0 Å². The van der Waals surface area contributed by atoms with E-state index < -0.39 is 11.0 Å². The standard InChI is InChI=1S/C13H11ClN2O4/c1-8(17)10-3-2-6-15-13(10)20-9-4-5-12(16(18)19)11(14)7-9/h2-8,17H,1H3/t8-/m1/s1. The second-order valence-corrected chi connectivity index (χ2v) is 4.45. The number of hydrogen-bond acceptors (Lipinski definition) is 5. The van der Waals surface area contributed by atoms with Gasteiger partial charge in [0, 0.05) is 23.9 Å². The Kier molecular flexibility index (Phi) is 4.16. The van der Waals surface area contributed by atoms with Gasteiger partial charge in [-0.1, -0.05) is 11.6 Å². The van der Waals surface area contributed by atoms with Crippen molar-refractivity contribution in [3.63, 3.8) is 0 Å². The van der Waals surface area contributed by atoms with Gasteiger partial charge in [0.15, 0.2) is 0 Å². The fraction of sp³-hybridized carbons (Fsp3) is 0.154. The molecule has 0 radical (unpaired) electrons. The summed E-state index contributed by atoms with van der Waals surface area (Å²) < 4.78 is 5.51. The van der Waals surface area contributed by atoms with Crippen LogP contribution in [0.4, 0.5) is 5.69 Å². The van der Waals surface area contributed by atoms with Gasteiger partial charge in [0.1, 0.15) is 10.8 Å². The fourth-order valence-electron chi connectivity index (χ4n) is 1.62. The maximum atomic E-state index is 10.7. The van der Waals surface area contributed by atoms with E-state index >= 15 is 0 Å². The van der Waals surface area contributed by atoms with Gasteiger partial charge in [0.2, 0.25) is 5.88 Å². The Morgan fingerprint density at radius 1 is 1.45 bits per heavy atom. The summed E-state index contributed by atoms with van der Waals surface area (Å²) in [6.45, 7) is 1.59. The number of benzene rings is 1. The monoisotopic (exact) mass is 294 g/mol. The minimum atomic E-state index is -0.743. The summed E-state index contributed by atoms with van der Waals surface area (Å²) in [5.41, 5.74) is 0.317. The largest absolute Gasteiger partial charge is 0.439 e. The Morgan fingerprint density at radius 3 is 2.80 bits per heavy atom. The lowest BCUT2D eigenvalue weighted by Gasteiger charge is -2.11. The first-order valence-electron chi connectivity index (χ1n) is 5.74. The van der Waals surface area contributed by atoms with Crippen molar-refractivity contribution in [3.8, 4) is 11.6 Å². The van der Waals surface area contributed by atoms with Crippen molar-refractivity contribution in [3.05, 3.63) is 57.2 Å². The Balaban J connectivity index is 2.31. The first kappa shape index (κ1) is 14.2. The third-order valence-corrected chi connectivity index (χ3v) is 2.88. The molecule has 2 aromatic rings. The molecule has 0 aliphatic rings. The van der Waals surface area contributed by atoms with Crippen molar-refractivity contribution in [2.75, 3.05) is 0 Å². The molecule has 1 N–H and O–H groups in total. The predicted molar refractivity (Wildman–Crippen MR) is 73.1 cm³/mol. The number of ether oxygens (including phenoxy) is 1. The molecular weight excluding hydrogens is 284 g/mol. The predicted octanol–water partition coefficient (Wildman–Crippen LogP) is 3.49. The van der Waals surface area contributed by atoms with Gasteiger partial charge >= 0.3 is 0 Å². The van der Waals surface area contributed by atoms with Crippen LogP contribution in [0.2, 0.25) is 5.02 Å². The summed E-state index contributed by atoms with van der Waals surface area (Å²) in [7, 11) is 0. The highest BCUT2D eigenvalue weighted by atomic mass is 35.5. The minimum Gasteiger partial charge on any atom is -0.439 e. The summed E-state index contributed by atoms with van der Waals surface area (Å²) in [6, 6.07) is 7.37. The minimum absolute atomic E-state index is 0.0259. The molecule has 0 aliphatic carbocycles. The Morgan fingerprint density at radius 2 is 2.20 bits per heavy atom. The van der Waals surface area contributed by atoms with Crippen LogP contribution in [0.5, 0.6) is 11.6 Å². The summed E-state index contributed by atoms with van der Waals surface area (Å²) in [6.07, 6.45) is 0.779. The maximum Gasteiger partial charge on any atom is 0.288 e. The van der Waals surface area contributed by atoms with Crippen molar-refractivity contribution >= 4 is 17.3 Å². The molecule has 1 atom stereocenters. The van der Waals surface area contributed by atoms with E-state index in [1.807, 2.05) is 0 Å². The zero-order chi connectivity index (χ0) is 14.7. The fourth-order valence-corrected chi connectivity index (χ4v) is 1.86. The summed E-state index contributed by atoms with van der Waals surface area (Å²) in [5.74, 6) is 0.536. The number of nitrogens with zero attached hydrogens (tertiary/aromatic N) is 2. The van der Waals surface area contributed by atoms with Crippen molar-refractivity contribution in [1.29, 1.82) is 0 Å². The molecule has 1 heterocycles. The number of aliphatic hydroxyl groups is 1. The molecule has 104 valence electrons. The number of nitro groups is 1. The zero-order valence-electron chi connectivity index (χ0n) is 10.5. The van der Waals surface area contributed by atoms with E-state index in [4.69, 9.17) is 16.3 Å². The topological polar surface area (TPSA) is 85.5 Å². The van der Waals surface area contributed by atoms with E-state index in [1.54, 1.807) is 19.1 Å². The summed E-state index contributed by atoms with van der Waals surface area (Å²) in [4.78, 5) is 14.1. The molecule has 7 heteroatoms. The Hall–Kier alpha value is -2.18. The van der Waals surface area contributed by atoms with Crippen LogP contribution in [-0.4, -0.2) is 15.0 Å². The molecule has 0 bridgehead atoms. The molecule has 0 amide bonds. The van der Waals surface area contributed by atoms with Crippen molar-refractivity contribution < 1.29 is 14.8 Å². The highest BCUT2D eigenvalue weighted by molar-refractivity contribution is 6.32. The molecule has 0 fully saturated rings. The molecule has 0 unspecified atom stereocenters. The molecule has 0 aliphatic heterocycles. The molecule has 1 aromatic heterocycles. The van der Waals surface area contributed by atoms with Crippen LogP contribution in [0.25, 0.3) is 0 Å². The third-order valence-electron chi connectivity index (χ3n) is 2.58. The van der Waals surface area contributed by atoms with Crippen molar-refractivity contribution in [2.45, 2.75) is 13.0 Å². The average molecular weight is 295 g/mol. The van der Waals surface area contributed by atoms with Crippen LogP contribution in [-0.2, 0) is 0 Å². The van der Waals surface area contributed by atoms with Crippen LogP contribution in [0.3, 0.4) is 0 Å². The van der Waals surface area contributed by atoms with E-state index in [1.165, 1.54) is 24.4 Å². The quantitative estimate of drug-likeness (QED) is 0.689. The van der Waals surface area contributed by atoms with Gasteiger partial charge in [-0.2, -0.15) is 0 Å². The molecule has 20 heavy (non-hydrogen) atoms. The Labute approximate surface area is 119 Å². The lowest BCUT2D eigenvalue weighted by molar-refractivity contribution is -0.384. The van der Waals surface area contributed by atoms with E-state index in [0.717, 1.165) is 0 Å². The van der Waals surface area contributed by atoms with Crippen LogP contribution < -0.4 is 4.74 Å². The van der Waals surface area contributed by atoms with E-state index in [9.17, 15) is 15.2 Å². The number of nitro benzene ring substituents is 1. The second kappa shape index (κ2) is 5.85. The second-order valence-electron chi connectivity index (χ2n) is 4.05. The van der Waals surface area contributed by atoms with Gasteiger partial charge in [0.25, 0.3) is 5.69 Å². The van der Waals surface area contributed by atoms with Crippen molar-refractivity contribution in [1.82, 2.24) is 4.98 Å². The third kappa shape index (κ3) is 3.04. The van der Waals surface area contributed by atoms with Gasteiger partial charge in [-0.05, 0) is 25.1 Å². The number of pyridine rings is 1. The summed E-state index contributed by atoms with van der Waals surface area (Å²) >= 11 is 5.80. The van der Waals surface area contributed by atoms with E-state index in [-0.39, 0.29) is 16.6 Å². The SMILES string of the molecule is C[C@@H](O)c1cccnc1Oc1ccc([N+](=O)[O-])c(Cl)c1. The number of aromatic nitrogens is 1. The smallest absolute Gasteiger partial charge is 0.288 e. The van der Waals surface area contributed by atoms with Gasteiger partial charge in [-0.25, -0.2) is 4.98 Å². The lowest BCUT2D eigenvalue weighted by Crippen LogP contribution is -1.98. The maximum absolute atomic E-state index is 10.7. The zero-order valence-corrected chi connectivity index (χ0v) is 11.2. The number of aliphatic hydroxyl groups excluding tert-OH is 1. The molecule has 0 spiro atoms. The highest BCUT2D eigenvalue weighted by Crippen LogP contribution is 2.32. The normalized spacial score (nSPS) is 11.9. The molecule has 1 aromatic carbocycles.